The molecule has 0 saturated heterocycles. The quantitative estimate of drug-likeness (QED) is 0.752. The molecule has 0 spiro atoms. The van der Waals surface area contributed by atoms with Crippen LogP contribution in [0.5, 0.6) is 0 Å². The van der Waals surface area contributed by atoms with Crippen LogP contribution >= 0.6 is 21.6 Å². The van der Waals surface area contributed by atoms with Crippen LogP contribution < -0.4 is 0 Å². The van der Waals surface area contributed by atoms with Crippen molar-refractivity contribution in [1.29, 1.82) is 0 Å². The van der Waals surface area contributed by atoms with Gasteiger partial charge >= 0.3 is 0 Å². The molecule has 0 aliphatic rings. The van der Waals surface area contributed by atoms with Crippen LogP contribution in [0.25, 0.3) is 0 Å². The predicted octanol–water partition coefficient (Wildman–Crippen LogP) is 4.58. The van der Waals surface area contributed by atoms with E-state index in [9.17, 15) is 4.79 Å². The summed E-state index contributed by atoms with van der Waals surface area (Å²) in [5.41, 5.74) is 1.87. The van der Waals surface area contributed by atoms with Crippen LogP contribution in [-0.2, 0) is 0 Å². The Balaban J connectivity index is 1.98. The molecule has 0 heterocycles. The minimum atomic E-state index is 0.0996. The first-order chi connectivity index (χ1) is 8.25. The standard InChI is InChI=1S/C14H12OS2/c1-11-6-5-7-12(10-11)14(15)17-16-13-8-3-2-4-9-13/h2-10H,1H3. The molecule has 0 atom stereocenters. The van der Waals surface area contributed by atoms with Crippen molar-refractivity contribution in [2.24, 2.45) is 0 Å². The van der Waals surface area contributed by atoms with Gasteiger partial charge in [-0.15, -0.1) is 0 Å². The molecule has 2 rings (SSSR count). The zero-order valence-electron chi connectivity index (χ0n) is 9.42. The van der Waals surface area contributed by atoms with E-state index in [1.54, 1.807) is 0 Å². The molecule has 17 heavy (non-hydrogen) atoms. The lowest BCUT2D eigenvalue weighted by atomic mass is 10.2. The average molecular weight is 260 g/mol. The van der Waals surface area contributed by atoms with E-state index in [-0.39, 0.29) is 5.12 Å². The molecule has 0 aromatic heterocycles. The second-order valence-electron chi connectivity index (χ2n) is 3.64. The third-order valence-corrected chi connectivity index (χ3v) is 4.43. The Morgan fingerprint density at radius 1 is 1.00 bits per heavy atom. The van der Waals surface area contributed by atoms with Crippen molar-refractivity contribution in [2.75, 3.05) is 0 Å². The molecule has 0 fully saturated rings. The lowest BCUT2D eigenvalue weighted by Gasteiger charge is -2.01. The van der Waals surface area contributed by atoms with Crippen molar-refractivity contribution < 1.29 is 4.79 Å². The fourth-order valence-electron chi connectivity index (χ4n) is 1.38. The number of hydrogen-bond donors (Lipinski definition) is 0. The average Bonchev–Trinajstić information content (AvgIpc) is 2.37. The van der Waals surface area contributed by atoms with Gasteiger partial charge < -0.3 is 0 Å². The minimum absolute atomic E-state index is 0.0996. The lowest BCUT2D eigenvalue weighted by Crippen LogP contribution is -1.91. The first kappa shape index (κ1) is 12.3. The fraction of sp³-hybridized carbons (Fsp3) is 0.0714. The molecule has 0 radical (unpaired) electrons. The monoisotopic (exact) mass is 260 g/mol. The van der Waals surface area contributed by atoms with Gasteiger partial charge in [-0.05, 0) is 46.7 Å². The van der Waals surface area contributed by atoms with E-state index in [0.717, 1.165) is 16.0 Å². The van der Waals surface area contributed by atoms with Gasteiger partial charge in [0, 0.05) is 10.5 Å². The molecule has 0 bridgehead atoms. The molecule has 0 saturated carbocycles. The fourth-order valence-corrected chi connectivity index (χ4v) is 3.18. The number of aryl methyl sites for hydroxylation is 1. The highest BCUT2D eigenvalue weighted by molar-refractivity contribution is 8.82. The van der Waals surface area contributed by atoms with Gasteiger partial charge in [0.25, 0.3) is 0 Å². The summed E-state index contributed by atoms with van der Waals surface area (Å²) in [5, 5.41) is 0.0996. The lowest BCUT2D eigenvalue weighted by molar-refractivity contribution is 0.109. The molecule has 86 valence electrons. The third kappa shape index (κ3) is 3.65. The summed E-state index contributed by atoms with van der Waals surface area (Å²) < 4.78 is 0. The van der Waals surface area contributed by atoms with E-state index >= 15 is 0 Å². The number of hydrogen-bond acceptors (Lipinski definition) is 3. The van der Waals surface area contributed by atoms with Crippen molar-refractivity contribution in [2.45, 2.75) is 11.8 Å². The van der Waals surface area contributed by atoms with E-state index in [1.807, 2.05) is 61.5 Å². The van der Waals surface area contributed by atoms with E-state index < -0.39 is 0 Å². The number of benzene rings is 2. The molecular formula is C14H12OS2. The molecule has 2 aromatic rings. The molecule has 3 heteroatoms. The molecule has 0 aliphatic carbocycles. The Morgan fingerprint density at radius 3 is 2.47 bits per heavy atom. The SMILES string of the molecule is Cc1cccc(C(=O)SSc2ccccc2)c1. The van der Waals surface area contributed by atoms with Gasteiger partial charge in [-0.25, -0.2) is 0 Å². The first-order valence-electron chi connectivity index (χ1n) is 5.26. The maximum atomic E-state index is 11.9. The molecule has 1 nitrogen and oxygen atoms in total. The largest absolute Gasteiger partial charge is 0.281 e. The predicted molar refractivity (Wildman–Crippen MR) is 75.4 cm³/mol. The highest BCUT2D eigenvalue weighted by Gasteiger charge is 2.07. The van der Waals surface area contributed by atoms with E-state index in [0.29, 0.717) is 0 Å². The van der Waals surface area contributed by atoms with E-state index in [2.05, 4.69) is 0 Å². The molecule has 0 unspecified atom stereocenters. The highest BCUT2D eigenvalue weighted by atomic mass is 33.1. The van der Waals surface area contributed by atoms with Crippen LogP contribution in [0.15, 0.2) is 59.5 Å². The van der Waals surface area contributed by atoms with Gasteiger partial charge in [0.1, 0.15) is 0 Å². The van der Waals surface area contributed by atoms with Crippen LogP contribution in [0.4, 0.5) is 0 Å². The van der Waals surface area contributed by atoms with Crippen LogP contribution in [0.2, 0.25) is 0 Å². The molecule has 0 amide bonds. The van der Waals surface area contributed by atoms with Crippen LogP contribution in [-0.4, -0.2) is 5.12 Å². The number of carbonyl (C=O) groups excluding carboxylic acids is 1. The summed E-state index contributed by atoms with van der Waals surface area (Å²) in [5.74, 6) is 0. The Bertz CT molecular complexity index is 509. The Labute approximate surface area is 109 Å². The van der Waals surface area contributed by atoms with Crippen LogP contribution in [0.3, 0.4) is 0 Å². The Morgan fingerprint density at radius 2 is 1.76 bits per heavy atom. The van der Waals surface area contributed by atoms with Crippen molar-refractivity contribution in [3.05, 3.63) is 65.7 Å². The summed E-state index contributed by atoms with van der Waals surface area (Å²) in [6.07, 6.45) is 0. The summed E-state index contributed by atoms with van der Waals surface area (Å²) in [7, 11) is 2.77. The normalized spacial score (nSPS) is 10.2. The van der Waals surface area contributed by atoms with Crippen molar-refractivity contribution in [3.63, 3.8) is 0 Å². The van der Waals surface area contributed by atoms with E-state index in [1.165, 1.54) is 21.6 Å². The Kier molecular flexibility index (Phi) is 4.29. The van der Waals surface area contributed by atoms with Crippen LogP contribution in [0, 0.1) is 6.92 Å². The summed E-state index contributed by atoms with van der Waals surface area (Å²) in [6, 6.07) is 17.6. The third-order valence-electron chi connectivity index (χ3n) is 2.21. The summed E-state index contributed by atoms with van der Waals surface area (Å²) >= 11 is 0. The number of rotatable bonds is 3. The minimum Gasteiger partial charge on any atom is -0.281 e. The molecule has 2 aromatic carbocycles. The van der Waals surface area contributed by atoms with Gasteiger partial charge in [-0.1, -0.05) is 42.0 Å². The maximum absolute atomic E-state index is 11.9. The van der Waals surface area contributed by atoms with Gasteiger partial charge in [-0.3, -0.25) is 4.79 Å². The second kappa shape index (κ2) is 5.94. The molecule has 0 N–H and O–H groups in total. The Hall–Kier alpha value is -1.19. The van der Waals surface area contributed by atoms with Crippen molar-refractivity contribution >= 4 is 26.7 Å². The van der Waals surface area contributed by atoms with Crippen LogP contribution in [0.1, 0.15) is 15.9 Å². The molecule has 0 aliphatic heterocycles. The smallest absolute Gasteiger partial charge is 0.230 e. The number of carbonyl (C=O) groups is 1. The summed E-state index contributed by atoms with van der Waals surface area (Å²) in [4.78, 5) is 13.0. The topological polar surface area (TPSA) is 17.1 Å². The zero-order chi connectivity index (χ0) is 12.1. The maximum Gasteiger partial charge on any atom is 0.230 e. The van der Waals surface area contributed by atoms with Gasteiger partial charge in [-0.2, -0.15) is 0 Å². The van der Waals surface area contributed by atoms with Crippen molar-refractivity contribution in [1.82, 2.24) is 0 Å². The van der Waals surface area contributed by atoms with Gasteiger partial charge in [0.05, 0.1) is 0 Å². The highest BCUT2D eigenvalue weighted by Crippen LogP contribution is 2.33. The van der Waals surface area contributed by atoms with Gasteiger partial charge in [0.2, 0.25) is 5.12 Å². The summed E-state index contributed by atoms with van der Waals surface area (Å²) in [6.45, 7) is 1.99. The van der Waals surface area contributed by atoms with Gasteiger partial charge in [0.15, 0.2) is 0 Å². The van der Waals surface area contributed by atoms with Crippen molar-refractivity contribution in [3.8, 4) is 0 Å². The second-order valence-corrected chi connectivity index (χ2v) is 5.81. The first-order valence-corrected chi connectivity index (χ1v) is 7.41. The zero-order valence-corrected chi connectivity index (χ0v) is 11.1. The van der Waals surface area contributed by atoms with E-state index in [4.69, 9.17) is 0 Å². The molecular weight excluding hydrogens is 248 g/mol.